The van der Waals surface area contributed by atoms with Crippen LogP contribution in [0.2, 0.25) is 0 Å². The second-order valence-corrected chi connectivity index (χ2v) is 4.69. The van der Waals surface area contributed by atoms with E-state index >= 15 is 0 Å². The molecule has 0 amide bonds. The van der Waals surface area contributed by atoms with E-state index < -0.39 is 0 Å². The Kier molecular flexibility index (Phi) is 3.09. The van der Waals surface area contributed by atoms with Crippen molar-refractivity contribution in [2.75, 3.05) is 39.8 Å². The summed E-state index contributed by atoms with van der Waals surface area (Å²) < 4.78 is 0. The van der Waals surface area contributed by atoms with Crippen molar-refractivity contribution in [1.82, 2.24) is 0 Å². The molecule has 0 aromatic rings. The van der Waals surface area contributed by atoms with Crippen molar-refractivity contribution in [3.8, 4) is 0 Å². The van der Waals surface area contributed by atoms with Crippen LogP contribution in [0.5, 0.6) is 0 Å². The molecule has 3 nitrogen and oxygen atoms in total. The molecule has 1 fully saturated rings. The summed E-state index contributed by atoms with van der Waals surface area (Å²) in [5, 5.41) is 0. The van der Waals surface area contributed by atoms with E-state index in [1.807, 2.05) is 0 Å². The molecule has 1 heterocycles. The highest BCUT2D eigenvalue weighted by atomic mass is 15.3. The van der Waals surface area contributed by atoms with Gasteiger partial charge in [-0.3, -0.25) is 0 Å². The minimum atomic E-state index is 0.390. The van der Waals surface area contributed by atoms with Crippen molar-refractivity contribution in [3.63, 3.8) is 0 Å². The minimum absolute atomic E-state index is 0.390. The highest BCUT2D eigenvalue weighted by Crippen LogP contribution is 1.90. The third-order valence-corrected chi connectivity index (χ3v) is 3.29. The van der Waals surface area contributed by atoms with E-state index in [0.29, 0.717) is 5.54 Å². The van der Waals surface area contributed by atoms with Crippen molar-refractivity contribution >= 4 is 0 Å². The van der Waals surface area contributed by atoms with Crippen molar-refractivity contribution in [2.45, 2.75) is 19.4 Å². The summed E-state index contributed by atoms with van der Waals surface area (Å²) in [5.41, 5.74) is 4.41. The maximum Gasteiger partial charge on any atom is 0.141 e. The van der Waals surface area contributed by atoms with Crippen molar-refractivity contribution in [3.05, 3.63) is 0 Å². The number of piperazine rings is 1. The number of nitrogens with one attached hydrogen (secondary N) is 2. The SMILES string of the molecule is C[NH+]1CC[NH+](C(C)(C)C[NH3+])CC1. The van der Waals surface area contributed by atoms with Gasteiger partial charge in [0.2, 0.25) is 0 Å². The van der Waals surface area contributed by atoms with Crippen LogP contribution in [0.1, 0.15) is 13.8 Å². The zero-order chi connectivity index (χ0) is 9.19. The minimum Gasteiger partial charge on any atom is -0.352 e. The van der Waals surface area contributed by atoms with Crippen LogP contribution in [0.4, 0.5) is 0 Å². The first-order valence-electron chi connectivity index (χ1n) is 5.02. The molecule has 0 saturated carbocycles. The maximum atomic E-state index is 4.02. The summed E-state index contributed by atoms with van der Waals surface area (Å²) in [6, 6.07) is 0. The quantitative estimate of drug-likeness (QED) is 0.387. The summed E-state index contributed by atoms with van der Waals surface area (Å²) >= 11 is 0. The molecule has 3 heteroatoms. The third kappa shape index (κ3) is 2.19. The normalized spacial score (nSPS) is 32.0. The molecular formula is C9H24N3+3. The van der Waals surface area contributed by atoms with Gasteiger partial charge in [-0.05, 0) is 13.8 Å². The van der Waals surface area contributed by atoms with E-state index in [1.54, 1.807) is 9.80 Å². The van der Waals surface area contributed by atoms with Crippen LogP contribution in [0, 0.1) is 0 Å². The average molecular weight is 174 g/mol. The lowest BCUT2D eigenvalue weighted by Gasteiger charge is -2.36. The van der Waals surface area contributed by atoms with Gasteiger partial charge in [0.05, 0.1) is 7.05 Å². The van der Waals surface area contributed by atoms with Gasteiger partial charge in [-0.1, -0.05) is 0 Å². The maximum absolute atomic E-state index is 4.02. The van der Waals surface area contributed by atoms with Crippen LogP contribution in [0.15, 0.2) is 0 Å². The fourth-order valence-corrected chi connectivity index (χ4v) is 1.83. The van der Waals surface area contributed by atoms with Gasteiger partial charge in [-0.15, -0.1) is 0 Å². The molecule has 0 aromatic carbocycles. The molecule has 0 spiro atoms. The summed E-state index contributed by atoms with van der Waals surface area (Å²) in [6.45, 7) is 11.0. The zero-order valence-electron chi connectivity index (χ0n) is 8.74. The van der Waals surface area contributed by atoms with E-state index in [9.17, 15) is 0 Å². The van der Waals surface area contributed by atoms with Gasteiger partial charge in [-0.25, -0.2) is 0 Å². The molecule has 1 aliphatic rings. The summed E-state index contributed by atoms with van der Waals surface area (Å²) in [4.78, 5) is 3.42. The molecule has 0 atom stereocenters. The first kappa shape index (κ1) is 9.96. The Bertz CT molecular complexity index is 137. The van der Waals surface area contributed by atoms with E-state index in [4.69, 9.17) is 0 Å². The molecule has 0 radical (unpaired) electrons. The second kappa shape index (κ2) is 3.73. The highest BCUT2D eigenvalue weighted by Gasteiger charge is 2.34. The lowest BCUT2D eigenvalue weighted by atomic mass is 10.0. The van der Waals surface area contributed by atoms with Gasteiger partial charge >= 0.3 is 0 Å². The molecule has 0 aromatic heterocycles. The fraction of sp³-hybridized carbons (Fsp3) is 1.00. The number of hydrogen-bond acceptors (Lipinski definition) is 0. The first-order valence-corrected chi connectivity index (χ1v) is 5.02. The lowest BCUT2D eigenvalue weighted by molar-refractivity contribution is -1.03. The molecule has 12 heavy (non-hydrogen) atoms. The molecule has 1 rings (SSSR count). The van der Waals surface area contributed by atoms with Gasteiger partial charge in [0, 0.05) is 0 Å². The van der Waals surface area contributed by atoms with E-state index in [1.165, 1.54) is 26.2 Å². The van der Waals surface area contributed by atoms with Crippen LogP contribution >= 0.6 is 0 Å². The van der Waals surface area contributed by atoms with E-state index in [-0.39, 0.29) is 0 Å². The molecule has 72 valence electrons. The molecule has 0 bridgehead atoms. The van der Waals surface area contributed by atoms with Crippen LogP contribution in [-0.4, -0.2) is 45.3 Å². The second-order valence-electron chi connectivity index (χ2n) is 4.69. The standard InChI is InChI=1S/C9H21N3/c1-9(2,8-10)12-6-4-11(3)5-7-12/h4-8,10H2,1-3H3/p+3. The predicted molar refractivity (Wildman–Crippen MR) is 49.2 cm³/mol. The monoisotopic (exact) mass is 174 g/mol. The van der Waals surface area contributed by atoms with Gasteiger partial charge < -0.3 is 15.5 Å². The number of hydrogen-bond donors (Lipinski definition) is 3. The Balaban J connectivity index is 2.44. The van der Waals surface area contributed by atoms with E-state index in [0.717, 1.165) is 6.54 Å². The largest absolute Gasteiger partial charge is 0.352 e. The number of quaternary nitrogens is 3. The zero-order valence-corrected chi connectivity index (χ0v) is 8.74. The molecule has 1 saturated heterocycles. The van der Waals surface area contributed by atoms with Crippen LogP contribution in [0.25, 0.3) is 0 Å². The molecular weight excluding hydrogens is 150 g/mol. The third-order valence-electron chi connectivity index (χ3n) is 3.29. The Morgan fingerprint density at radius 2 is 1.67 bits per heavy atom. The number of rotatable bonds is 2. The Morgan fingerprint density at radius 1 is 1.17 bits per heavy atom. The molecule has 5 N–H and O–H groups in total. The average Bonchev–Trinajstić information content (AvgIpc) is 2.05. The summed E-state index contributed by atoms with van der Waals surface area (Å²) in [5.74, 6) is 0. The first-order chi connectivity index (χ1) is 5.56. The summed E-state index contributed by atoms with van der Waals surface area (Å²) in [6.07, 6.45) is 0. The topological polar surface area (TPSA) is 36.5 Å². The van der Waals surface area contributed by atoms with Gasteiger partial charge in [0.25, 0.3) is 0 Å². The Hall–Kier alpha value is -0.120. The molecule has 1 aliphatic heterocycles. The van der Waals surface area contributed by atoms with Gasteiger partial charge in [-0.2, -0.15) is 0 Å². The Morgan fingerprint density at radius 3 is 2.08 bits per heavy atom. The molecule has 0 aliphatic carbocycles. The fourth-order valence-electron chi connectivity index (χ4n) is 1.83. The van der Waals surface area contributed by atoms with Crippen LogP contribution in [0.3, 0.4) is 0 Å². The molecule has 0 unspecified atom stereocenters. The smallest absolute Gasteiger partial charge is 0.141 e. The predicted octanol–water partition coefficient (Wildman–Crippen LogP) is -3.58. The van der Waals surface area contributed by atoms with Crippen molar-refractivity contribution < 1.29 is 15.5 Å². The Labute approximate surface area is 75.5 Å². The van der Waals surface area contributed by atoms with Crippen molar-refractivity contribution in [2.24, 2.45) is 0 Å². The van der Waals surface area contributed by atoms with Crippen molar-refractivity contribution in [1.29, 1.82) is 0 Å². The van der Waals surface area contributed by atoms with Crippen LogP contribution < -0.4 is 15.5 Å². The van der Waals surface area contributed by atoms with E-state index in [2.05, 4.69) is 26.6 Å². The highest BCUT2D eigenvalue weighted by molar-refractivity contribution is 4.63. The lowest BCUT2D eigenvalue weighted by Crippen LogP contribution is -3.31. The van der Waals surface area contributed by atoms with Crippen LogP contribution in [-0.2, 0) is 0 Å². The number of likely N-dealkylation sites (N-methyl/N-ethyl adjacent to an activating group) is 1. The van der Waals surface area contributed by atoms with Gasteiger partial charge in [0.1, 0.15) is 38.3 Å². The van der Waals surface area contributed by atoms with Gasteiger partial charge in [0.15, 0.2) is 0 Å². The summed E-state index contributed by atoms with van der Waals surface area (Å²) in [7, 11) is 2.29.